The van der Waals surface area contributed by atoms with Crippen LogP contribution in [0.2, 0.25) is 0 Å². The molecule has 0 saturated carbocycles. The highest BCUT2D eigenvalue weighted by molar-refractivity contribution is 5.70. The van der Waals surface area contributed by atoms with Crippen LogP contribution in [0.1, 0.15) is 12.0 Å². The van der Waals surface area contributed by atoms with Gasteiger partial charge in [-0.05, 0) is 0 Å². The minimum absolute atomic E-state index is 0.0848. The quantitative estimate of drug-likeness (QED) is 0.440. The van der Waals surface area contributed by atoms with E-state index in [4.69, 9.17) is 5.26 Å². The van der Waals surface area contributed by atoms with Crippen LogP contribution >= 0.6 is 0 Å². The number of nitrogens with zero attached hydrogens (tertiary/aromatic N) is 4. The predicted molar refractivity (Wildman–Crippen MR) is 65.5 cm³/mol. The first-order valence-corrected chi connectivity index (χ1v) is 5.32. The summed E-state index contributed by atoms with van der Waals surface area (Å²) < 4.78 is 4.50. The largest absolute Gasteiger partial charge is 0.469 e. The first-order valence-electron chi connectivity index (χ1n) is 5.32. The first kappa shape index (κ1) is 14.4. The minimum atomic E-state index is -0.619. The molecule has 0 aliphatic heterocycles. The fraction of sp³-hybridized carbons (Fsp3) is 0.364. The Balaban J connectivity index is 2.91. The molecule has 0 amide bonds. The Bertz CT molecular complexity index is 538. The summed E-state index contributed by atoms with van der Waals surface area (Å²) in [6.45, 7) is 0.298. The maximum atomic E-state index is 11.0. The average molecular weight is 264 g/mol. The fourth-order valence-corrected chi connectivity index (χ4v) is 1.40. The number of methoxy groups -OCH3 is 1. The Morgan fingerprint density at radius 1 is 1.68 bits per heavy atom. The molecule has 100 valence electrons. The number of anilines is 1. The van der Waals surface area contributed by atoms with E-state index in [0.29, 0.717) is 6.54 Å². The normalized spacial score (nSPS) is 9.53. The summed E-state index contributed by atoms with van der Waals surface area (Å²) in [4.78, 5) is 26.4. The lowest BCUT2D eigenvalue weighted by Gasteiger charge is -2.18. The zero-order chi connectivity index (χ0) is 14.4. The van der Waals surface area contributed by atoms with Crippen molar-refractivity contribution in [3.63, 3.8) is 0 Å². The molecular formula is C11H12N4O4. The summed E-state index contributed by atoms with van der Waals surface area (Å²) in [6.07, 6.45) is 1.21. The van der Waals surface area contributed by atoms with Gasteiger partial charge in [-0.25, -0.2) is 4.98 Å². The number of carbonyl (C=O) groups is 1. The lowest BCUT2D eigenvalue weighted by Crippen LogP contribution is -2.23. The Morgan fingerprint density at radius 3 is 2.89 bits per heavy atom. The van der Waals surface area contributed by atoms with Crippen LogP contribution in [-0.2, 0) is 9.53 Å². The molecule has 1 rings (SSSR count). The molecule has 0 fully saturated rings. The van der Waals surface area contributed by atoms with Gasteiger partial charge < -0.3 is 9.64 Å². The third-order valence-corrected chi connectivity index (χ3v) is 2.42. The van der Waals surface area contributed by atoms with Crippen molar-refractivity contribution in [1.82, 2.24) is 4.98 Å². The van der Waals surface area contributed by atoms with Crippen LogP contribution in [0.4, 0.5) is 11.5 Å². The lowest BCUT2D eigenvalue weighted by molar-refractivity contribution is -0.385. The molecule has 19 heavy (non-hydrogen) atoms. The molecule has 0 aliphatic carbocycles. The number of pyridine rings is 1. The summed E-state index contributed by atoms with van der Waals surface area (Å²) >= 11 is 0. The number of rotatable bonds is 5. The van der Waals surface area contributed by atoms with E-state index in [1.54, 1.807) is 11.9 Å². The molecule has 0 unspecified atom stereocenters. The van der Waals surface area contributed by atoms with Crippen LogP contribution in [0.3, 0.4) is 0 Å². The van der Waals surface area contributed by atoms with E-state index >= 15 is 0 Å². The SMILES string of the molecule is COC(=O)CCN(C)c1ncc([N+](=O)[O-])cc1C#N. The van der Waals surface area contributed by atoms with Crippen LogP contribution in [0, 0.1) is 21.4 Å². The second-order valence-corrected chi connectivity index (χ2v) is 3.68. The monoisotopic (exact) mass is 264 g/mol. The number of nitriles is 1. The molecule has 0 aliphatic rings. The maximum Gasteiger partial charge on any atom is 0.307 e. The van der Waals surface area contributed by atoms with Crippen molar-refractivity contribution >= 4 is 17.5 Å². The molecule has 1 aromatic heterocycles. The summed E-state index contributed by atoms with van der Waals surface area (Å²) in [5.41, 5.74) is -0.164. The van der Waals surface area contributed by atoms with Crippen molar-refractivity contribution in [2.45, 2.75) is 6.42 Å². The number of hydrogen-bond acceptors (Lipinski definition) is 7. The Morgan fingerprint density at radius 2 is 2.37 bits per heavy atom. The second kappa shape index (κ2) is 6.30. The third kappa shape index (κ3) is 3.64. The molecule has 0 N–H and O–H groups in total. The lowest BCUT2D eigenvalue weighted by atomic mass is 10.2. The van der Waals surface area contributed by atoms with Gasteiger partial charge >= 0.3 is 5.97 Å². The highest BCUT2D eigenvalue weighted by Crippen LogP contribution is 2.20. The molecule has 0 radical (unpaired) electrons. The van der Waals surface area contributed by atoms with E-state index in [1.165, 1.54) is 7.11 Å². The molecule has 8 nitrogen and oxygen atoms in total. The van der Waals surface area contributed by atoms with Crippen LogP contribution in [0.25, 0.3) is 0 Å². The third-order valence-electron chi connectivity index (χ3n) is 2.42. The van der Waals surface area contributed by atoms with Crippen molar-refractivity contribution in [2.75, 3.05) is 25.6 Å². The van der Waals surface area contributed by atoms with Gasteiger partial charge in [-0.15, -0.1) is 0 Å². The minimum Gasteiger partial charge on any atom is -0.469 e. The summed E-state index contributed by atoms with van der Waals surface area (Å²) in [5, 5.41) is 19.6. The van der Waals surface area contributed by atoms with E-state index < -0.39 is 4.92 Å². The van der Waals surface area contributed by atoms with E-state index in [0.717, 1.165) is 12.3 Å². The van der Waals surface area contributed by atoms with Crippen molar-refractivity contribution in [3.05, 3.63) is 27.9 Å². The van der Waals surface area contributed by atoms with Gasteiger partial charge in [0.25, 0.3) is 5.69 Å². The van der Waals surface area contributed by atoms with Crippen LogP contribution in [0.5, 0.6) is 0 Å². The molecule has 0 aromatic carbocycles. The number of esters is 1. The van der Waals surface area contributed by atoms with Gasteiger partial charge in [0, 0.05) is 19.7 Å². The average Bonchev–Trinajstić information content (AvgIpc) is 2.43. The van der Waals surface area contributed by atoms with Crippen molar-refractivity contribution in [1.29, 1.82) is 5.26 Å². The Kier molecular flexibility index (Phi) is 4.76. The van der Waals surface area contributed by atoms with Gasteiger partial charge in [0.15, 0.2) is 0 Å². The number of hydrogen-bond donors (Lipinski definition) is 0. The Labute approximate surface area is 109 Å². The summed E-state index contributed by atoms with van der Waals surface area (Å²) in [7, 11) is 2.92. The smallest absolute Gasteiger partial charge is 0.307 e. The van der Waals surface area contributed by atoms with E-state index in [9.17, 15) is 14.9 Å². The molecule has 1 aromatic rings. The molecule has 0 atom stereocenters. The molecule has 0 spiro atoms. The Hall–Kier alpha value is -2.69. The first-order chi connectivity index (χ1) is 8.99. The molecular weight excluding hydrogens is 252 g/mol. The molecule has 1 heterocycles. The van der Waals surface area contributed by atoms with Gasteiger partial charge in [-0.2, -0.15) is 5.26 Å². The highest BCUT2D eigenvalue weighted by atomic mass is 16.6. The molecule has 0 saturated heterocycles. The van der Waals surface area contributed by atoms with Gasteiger partial charge in [0.1, 0.15) is 23.6 Å². The van der Waals surface area contributed by atoms with Gasteiger partial charge in [-0.1, -0.05) is 0 Å². The zero-order valence-electron chi connectivity index (χ0n) is 10.5. The van der Waals surface area contributed by atoms with Gasteiger partial charge in [-0.3, -0.25) is 14.9 Å². The van der Waals surface area contributed by atoms with Crippen molar-refractivity contribution in [3.8, 4) is 6.07 Å². The summed E-state index contributed by atoms with van der Waals surface area (Å²) in [5.74, 6) is -0.0933. The van der Waals surface area contributed by atoms with Crippen molar-refractivity contribution < 1.29 is 14.5 Å². The summed E-state index contributed by atoms with van der Waals surface area (Å²) in [6, 6.07) is 3.00. The van der Waals surface area contributed by atoms with Crippen molar-refractivity contribution in [2.24, 2.45) is 0 Å². The molecule has 0 bridgehead atoms. The number of carbonyl (C=O) groups excluding carboxylic acids is 1. The zero-order valence-corrected chi connectivity index (χ0v) is 10.5. The van der Waals surface area contributed by atoms with Gasteiger partial charge in [0.2, 0.25) is 0 Å². The molecule has 8 heteroatoms. The highest BCUT2D eigenvalue weighted by Gasteiger charge is 2.15. The standard InChI is InChI=1S/C11H12N4O4/c1-14(4-3-10(16)19-2)11-8(6-12)5-9(7-13-11)15(17)18/h5,7H,3-4H2,1-2H3. The van der Waals surface area contributed by atoms with E-state index in [2.05, 4.69) is 9.72 Å². The number of nitro groups is 1. The topological polar surface area (TPSA) is 109 Å². The number of ether oxygens (including phenoxy) is 1. The predicted octanol–water partition coefficient (Wildman–Crippen LogP) is 0.861. The van der Waals surface area contributed by atoms with E-state index in [1.807, 2.05) is 6.07 Å². The van der Waals surface area contributed by atoms with Crippen LogP contribution < -0.4 is 4.90 Å². The number of aromatic nitrogens is 1. The van der Waals surface area contributed by atoms with E-state index in [-0.39, 0.29) is 29.5 Å². The van der Waals surface area contributed by atoms with Crippen LogP contribution in [-0.4, -0.2) is 36.6 Å². The van der Waals surface area contributed by atoms with Gasteiger partial charge in [0.05, 0.1) is 18.5 Å². The van der Waals surface area contributed by atoms with Crippen LogP contribution in [0.15, 0.2) is 12.3 Å². The fourth-order valence-electron chi connectivity index (χ4n) is 1.40. The maximum absolute atomic E-state index is 11.0. The second-order valence-electron chi connectivity index (χ2n) is 3.68.